The lowest BCUT2D eigenvalue weighted by Crippen LogP contribution is -2.00. The SMILES string of the molecule is C1=CC(c2nc(-c3cccc4c3oc3cccc(-c5nc(-c6ccccc6)nc(-c6ccc(-c7ccccc7)cc6)n5)c34)nc3c2sc2ccccc23)=CCC1. The first-order valence-electron chi connectivity index (χ1n) is 18.7. The molecule has 0 fully saturated rings. The predicted molar refractivity (Wildman–Crippen MR) is 229 cm³/mol. The van der Waals surface area contributed by atoms with E-state index in [1.807, 2.05) is 48.5 Å². The Morgan fingerprint density at radius 3 is 1.89 bits per heavy atom. The van der Waals surface area contributed by atoms with Crippen molar-refractivity contribution in [3.8, 4) is 56.7 Å². The molecule has 7 heteroatoms. The minimum absolute atomic E-state index is 0.570. The smallest absolute Gasteiger partial charge is 0.164 e. The number of hydrogen-bond acceptors (Lipinski definition) is 7. The van der Waals surface area contributed by atoms with Gasteiger partial charge in [0.15, 0.2) is 23.3 Å². The molecule has 0 atom stereocenters. The molecular weight excluding hydrogens is 707 g/mol. The molecule has 1 aliphatic rings. The van der Waals surface area contributed by atoms with Crippen LogP contribution < -0.4 is 0 Å². The number of aromatic nitrogens is 5. The van der Waals surface area contributed by atoms with Gasteiger partial charge in [0.2, 0.25) is 0 Å². The Kier molecular flexibility index (Phi) is 7.70. The molecular formula is C49H31N5OS. The number of furan rings is 1. The van der Waals surface area contributed by atoms with Crippen LogP contribution in [0.25, 0.3) is 104 Å². The van der Waals surface area contributed by atoms with Crippen molar-refractivity contribution in [3.05, 3.63) is 170 Å². The van der Waals surface area contributed by atoms with Gasteiger partial charge in [-0.05, 0) is 47.7 Å². The number of hydrogen-bond donors (Lipinski definition) is 0. The van der Waals surface area contributed by atoms with Gasteiger partial charge < -0.3 is 4.42 Å². The number of benzene rings is 6. The summed E-state index contributed by atoms with van der Waals surface area (Å²) in [5.74, 6) is 2.41. The highest BCUT2D eigenvalue weighted by molar-refractivity contribution is 7.26. The summed E-state index contributed by atoms with van der Waals surface area (Å²) in [4.78, 5) is 25.8. The number of nitrogens with zero attached hydrogens (tertiary/aromatic N) is 5. The molecule has 0 spiro atoms. The second-order valence-corrected chi connectivity index (χ2v) is 14.9. The largest absolute Gasteiger partial charge is 0.455 e. The summed E-state index contributed by atoms with van der Waals surface area (Å²) in [6.07, 6.45) is 8.73. The summed E-state index contributed by atoms with van der Waals surface area (Å²) < 4.78 is 9.07. The number of thiophene rings is 1. The Balaban J connectivity index is 1.10. The van der Waals surface area contributed by atoms with E-state index in [4.69, 9.17) is 29.3 Å². The van der Waals surface area contributed by atoms with Gasteiger partial charge in [-0.2, -0.15) is 0 Å². The highest BCUT2D eigenvalue weighted by Crippen LogP contribution is 2.43. The molecule has 1 aliphatic carbocycles. The summed E-state index contributed by atoms with van der Waals surface area (Å²) in [6, 6.07) is 49.6. The van der Waals surface area contributed by atoms with Crippen LogP contribution in [0.3, 0.4) is 0 Å². The van der Waals surface area contributed by atoms with Gasteiger partial charge in [-0.25, -0.2) is 24.9 Å². The van der Waals surface area contributed by atoms with Gasteiger partial charge in [-0.3, -0.25) is 0 Å². The molecule has 0 saturated carbocycles. The monoisotopic (exact) mass is 737 g/mol. The summed E-state index contributed by atoms with van der Waals surface area (Å²) >= 11 is 1.75. The normalized spacial score (nSPS) is 12.9. The second-order valence-electron chi connectivity index (χ2n) is 13.9. The van der Waals surface area contributed by atoms with Crippen molar-refractivity contribution in [1.29, 1.82) is 0 Å². The van der Waals surface area contributed by atoms with E-state index in [0.717, 1.165) is 95.0 Å². The standard InChI is InChI=1S/C49H31N5OS/c1-4-14-30(15-5-1)31-26-28-34(29-27-31)47-52-46(33-18-8-3-9-19-33)53-48(54-47)37-22-13-24-39-41(37)36-21-12-23-38(44(36)55-39)49-50-42(32-16-6-2-7-17-32)45-43(51-49)35-20-10-11-25-40(35)56-45/h1,3-6,8-29H,2,7H2. The molecule has 4 aromatic heterocycles. The first kappa shape index (κ1) is 32.3. The zero-order chi connectivity index (χ0) is 37.0. The van der Waals surface area contributed by atoms with Crippen LogP contribution >= 0.6 is 11.3 Å². The quantitative estimate of drug-likeness (QED) is 0.169. The third-order valence-corrected chi connectivity index (χ3v) is 11.6. The van der Waals surface area contributed by atoms with Crippen molar-refractivity contribution < 1.29 is 4.42 Å². The summed E-state index contributed by atoms with van der Waals surface area (Å²) in [5.41, 5.74) is 10.3. The molecule has 4 heterocycles. The van der Waals surface area contributed by atoms with Crippen LogP contribution in [0.5, 0.6) is 0 Å². The van der Waals surface area contributed by atoms with Crippen LogP contribution in [-0.2, 0) is 0 Å². The molecule has 0 radical (unpaired) electrons. The lowest BCUT2D eigenvalue weighted by atomic mass is 10.0. The van der Waals surface area contributed by atoms with Crippen LogP contribution in [0.2, 0.25) is 0 Å². The molecule has 6 nitrogen and oxygen atoms in total. The van der Waals surface area contributed by atoms with Crippen LogP contribution in [-0.4, -0.2) is 24.9 Å². The molecule has 0 N–H and O–H groups in total. The maximum atomic E-state index is 6.77. The fraction of sp³-hybridized carbons (Fsp3) is 0.0408. The van der Waals surface area contributed by atoms with Gasteiger partial charge in [-0.1, -0.05) is 146 Å². The molecule has 11 rings (SSSR count). The molecule has 6 aromatic carbocycles. The van der Waals surface area contributed by atoms with Gasteiger partial charge in [0, 0.05) is 37.5 Å². The number of rotatable bonds is 6. The third-order valence-electron chi connectivity index (χ3n) is 10.4. The molecule has 0 aliphatic heterocycles. The molecule has 10 aromatic rings. The molecule has 56 heavy (non-hydrogen) atoms. The van der Waals surface area contributed by atoms with Crippen molar-refractivity contribution >= 4 is 59.2 Å². The van der Waals surface area contributed by atoms with Gasteiger partial charge >= 0.3 is 0 Å². The van der Waals surface area contributed by atoms with Gasteiger partial charge in [0.05, 0.1) is 21.5 Å². The van der Waals surface area contributed by atoms with E-state index < -0.39 is 0 Å². The van der Waals surface area contributed by atoms with Gasteiger partial charge in [0.1, 0.15) is 11.2 Å². The van der Waals surface area contributed by atoms with E-state index in [1.165, 1.54) is 4.70 Å². The Morgan fingerprint density at radius 1 is 0.482 bits per heavy atom. The Labute approximate surface area is 326 Å². The van der Waals surface area contributed by atoms with Crippen molar-refractivity contribution in [2.75, 3.05) is 0 Å². The third kappa shape index (κ3) is 5.51. The van der Waals surface area contributed by atoms with E-state index >= 15 is 0 Å². The fourth-order valence-electron chi connectivity index (χ4n) is 7.69. The highest BCUT2D eigenvalue weighted by atomic mass is 32.1. The average molecular weight is 738 g/mol. The first-order valence-corrected chi connectivity index (χ1v) is 19.6. The number of para-hydroxylation sites is 1. The fourth-order valence-corrected chi connectivity index (χ4v) is 8.84. The minimum atomic E-state index is 0.570. The van der Waals surface area contributed by atoms with Crippen molar-refractivity contribution in [3.63, 3.8) is 0 Å². The van der Waals surface area contributed by atoms with Gasteiger partial charge in [0.25, 0.3) is 0 Å². The Bertz CT molecular complexity index is 3180. The lowest BCUT2D eigenvalue weighted by Gasteiger charge is -2.10. The molecule has 0 bridgehead atoms. The molecule has 0 saturated heterocycles. The second kappa shape index (κ2) is 13.3. The van der Waals surface area contributed by atoms with Crippen LogP contribution in [0.4, 0.5) is 0 Å². The number of fused-ring (bicyclic) bond motifs is 6. The van der Waals surface area contributed by atoms with Crippen molar-refractivity contribution in [1.82, 2.24) is 24.9 Å². The maximum Gasteiger partial charge on any atom is 0.164 e. The maximum absolute atomic E-state index is 6.77. The number of allylic oxidation sites excluding steroid dienone is 4. The van der Waals surface area contributed by atoms with Crippen LogP contribution in [0.15, 0.2) is 168 Å². The topological polar surface area (TPSA) is 77.6 Å². The molecule has 264 valence electrons. The Hall–Kier alpha value is -7.09. The van der Waals surface area contributed by atoms with Crippen LogP contribution in [0, 0.1) is 0 Å². The highest BCUT2D eigenvalue weighted by Gasteiger charge is 2.23. The molecule has 0 amide bonds. The summed E-state index contributed by atoms with van der Waals surface area (Å²) in [6.45, 7) is 0. The lowest BCUT2D eigenvalue weighted by molar-refractivity contribution is 0.669. The van der Waals surface area contributed by atoms with Crippen LogP contribution in [0.1, 0.15) is 18.5 Å². The van der Waals surface area contributed by atoms with Crippen molar-refractivity contribution in [2.45, 2.75) is 12.8 Å². The zero-order valence-electron chi connectivity index (χ0n) is 30.1. The average Bonchev–Trinajstić information content (AvgIpc) is 3.86. The van der Waals surface area contributed by atoms with E-state index in [-0.39, 0.29) is 0 Å². The zero-order valence-corrected chi connectivity index (χ0v) is 30.9. The van der Waals surface area contributed by atoms with E-state index in [2.05, 4.69) is 115 Å². The summed E-state index contributed by atoms with van der Waals surface area (Å²) in [7, 11) is 0. The first-order chi connectivity index (χ1) is 27.7. The summed E-state index contributed by atoms with van der Waals surface area (Å²) in [5, 5.41) is 3.01. The predicted octanol–water partition coefficient (Wildman–Crippen LogP) is 13.0. The Morgan fingerprint density at radius 2 is 1.11 bits per heavy atom. The minimum Gasteiger partial charge on any atom is -0.455 e. The molecule has 0 unspecified atom stereocenters. The van der Waals surface area contributed by atoms with E-state index in [1.54, 1.807) is 11.3 Å². The van der Waals surface area contributed by atoms with E-state index in [9.17, 15) is 0 Å². The van der Waals surface area contributed by atoms with Gasteiger partial charge in [-0.15, -0.1) is 11.3 Å². The van der Waals surface area contributed by atoms with Crippen molar-refractivity contribution in [2.24, 2.45) is 0 Å². The van der Waals surface area contributed by atoms with E-state index in [0.29, 0.717) is 23.3 Å².